The van der Waals surface area contributed by atoms with Crippen molar-refractivity contribution in [2.75, 3.05) is 24.5 Å². The van der Waals surface area contributed by atoms with Crippen molar-refractivity contribution < 1.29 is 0 Å². The third-order valence-corrected chi connectivity index (χ3v) is 4.47. The first-order valence-corrected chi connectivity index (χ1v) is 7.55. The first-order chi connectivity index (χ1) is 8.72. The van der Waals surface area contributed by atoms with Gasteiger partial charge in [-0.3, -0.25) is 5.10 Å². The number of rotatable bonds is 2. The molecule has 96 valence electrons. The number of piperazine rings is 1. The minimum absolute atomic E-state index is 0.482. The van der Waals surface area contributed by atoms with Gasteiger partial charge in [0.05, 0.1) is 3.79 Å². The molecule has 0 saturated carbocycles. The molecule has 0 spiro atoms. The highest BCUT2D eigenvalue weighted by atomic mass is 79.9. The maximum atomic E-state index is 4.57. The Kier molecular flexibility index (Phi) is 3.36. The Morgan fingerprint density at radius 2 is 2.44 bits per heavy atom. The van der Waals surface area contributed by atoms with Gasteiger partial charge in [-0.2, -0.15) is 4.98 Å². The predicted molar refractivity (Wildman–Crippen MR) is 77.1 cm³/mol. The number of hydrogen-bond acceptors (Lipinski definition) is 5. The summed E-state index contributed by atoms with van der Waals surface area (Å²) in [5, 5.41) is 12.8. The third kappa shape index (κ3) is 2.43. The molecule has 1 atom stereocenters. The third-order valence-electron chi connectivity index (χ3n) is 2.97. The van der Waals surface area contributed by atoms with E-state index in [-0.39, 0.29) is 0 Å². The molecule has 2 aromatic rings. The lowest BCUT2D eigenvalue weighted by Crippen LogP contribution is -2.49. The summed E-state index contributed by atoms with van der Waals surface area (Å²) in [5.74, 6) is 1.62. The largest absolute Gasteiger partial charge is 0.337 e. The van der Waals surface area contributed by atoms with Crippen molar-refractivity contribution in [1.82, 2.24) is 20.5 Å². The van der Waals surface area contributed by atoms with Crippen molar-refractivity contribution in [2.24, 2.45) is 0 Å². The maximum Gasteiger partial charge on any atom is 0.245 e. The molecule has 3 rings (SSSR count). The van der Waals surface area contributed by atoms with Gasteiger partial charge in [-0.25, -0.2) is 0 Å². The van der Waals surface area contributed by atoms with Gasteiger partial charge in [0.1, 0.15) is 0 Å². The second kappa shape index (κ2) is 4.99. The Morgan fingerprint density at radius 3 is 3.17 bits per heavy atom. The minimum Gasteiger partial charge on any atom is -0.337 e. The second-order valence-electron chi connectivity index (χ2n) is 4.42. The summed E-state index contributed by atoms with van der Waals surface area (Å²) in [7, 11) is 0. The van der Waals surface area contributed by atoms with Crippen LogP contribution in [0.5, 0.6) is 0 Å². The second-order valence-corrected chi connectivity index (χ2v) is 6.72. The van der Waals surface area contributed by atoms with Gasteiger partial charge in [0, 0.05) is 36.6 Å². The summed E-state index contributed by atoms with van der Waals surface area (Å²) < 4.78 is 1.10. The van der Waals surface area contributed by atoms with E-state index >= 15 is 0 Å². The van der Waals surface area contributed by atoms with Crippen LogP contribution in [0.25, 0.3) is 11.4 Å². The molecule has 1 fully saturated rings. The zero-order valence-electron chi connectivity index (χ0n) is 9.98. The van der Waals surface area contributed by atoms with Crippen molar-refractivity contribution >= 4 is 33.2 Å². The molecular weight excluding hydrogens is 314 g/mol. The Labute approximate surface area is 118 Å². The van der Waals surface area contributed by atoms with E-state index < -0.39 is 0 Å². The van der Waals surface area contributed by atoms with E-state index in [0.29, 0.717) is 6.04 Å². The number of aromatic nitrogens is 3. The molecule has 18 heavy (non-hydrogen) atoms. The summed E-state index contributed by atoms with van der Waals surface area (Å²) in [6.07, 6.45) is 0. The minimum atomic E-state index is 0.482. The van der Waals surface area contributed by atoms with Gasteiger partial charge in [0.15, 0.2) is 5.82 Å². The number of thiophene rings is 1. The fourth-order valence-electron chi connectivity index (χ4n) is 2.07. The van der Waals surface area contributed by atoms with Gasteiger partial charge in [0.25, 0.3) is 0 Å². The molecule has 1 unspecified atom stereocenters. The number of aromatic amines is 1. The zero-order valence-corrected chi connectivity index (χ0v) is 12.4. The number of nitrogens with one attached hydrogen (secondary N) is 2. The molecule has 0 aromatic carbocycles. The molecule has 0 amide bonds. The van der Waals surface area contributed by atoms with E-state index in [1.807, 2.05) is 0 Å². The lowest BCUT2D eigenvalue weighted by Gasteiger charge is -2.30. The lowest BCUT2D eigenvalue weighted by molar-refractivity contribution is 0.480. The van der Waals surface area contributed by atoms with Crippen LogP contribution in [0, 0.1) is 0 Å². The zero-order chi connectivity index (χ0) is 12.5. The van der Waals surface area contributed by atoms with Crippen LogP contribution in [0.1, 0.15) is 6.92 Å². The summed E-state index contributed by atoms with van der Waals surface area (Å²) in [6.45, 7) is 5.06. The Morgan fingerprint density at radius 1 is 1.56 bits per heavy atom. The normalized spacial score (nSPS) is 20.3. The molecule has 3 heterocycles. The van der Waals surface area contributed by atoms with Gasteiger partial charge in [-0.05, 0) is 28.9 Å². The summed E-state index contributed by atoms with van der Waals surface area (Å²) in [6, 6.07) is 2.53. The molecule has 1 aliphatic rings. The molecule has 1 saturated heterocycles. The average molecular weight is 328 g/mol. The van der Waals surface area contributed by atoms with Crippen LogP contribution in [0.3, 0.4) is 0 Å². The standard InChI is InChI=1S/C11H14BrN5S/c1-7-5-17(3-2-13-7)11-14-10(15-16-11)8-4-9(12)18-6-8/h4,6-7,13H,2-3,5H2,1H3,(H,14,15,16). The number of hydrogen-bond donors (Lipinski definition) is 2. The average Bonchev–Trinajstić information content (AvgIpc) is 2.97. The summed E-state index contributed by atoms with van der Waals surface area (Å²) >= 11 is 5.11. The number of halogens is 1. The van der Waals surface area contributed by atoms with Crippen LogP contribution in [0.15, 0.2) is 15.2 Å². The first kappa shape index (κ1) is 12.1. The fraction of sp³-hybridized carbons (Fsp3) is 0.455. The van der Waals surface area contributed by atoms with Crippen LogP contribution < -0.4 is 10.2 Å². The molecule has 2 N–H and O–H groups in total. The van der Waals surface area contributed by atoms with Gasteiger partial charge in [-0.1, -0.05) is 0 Å². The first-order valence-electron chi connectivity index (χ1n) is 5.87. The molecule has 0 radical (unpaired) electrons. The van der Waals surface area contributed by atoms with E-state index in [1.165, 1.54) is 0 Å². The number of nitrogens with zero attached hydrogens (tertiary/aromatic N) is 3. The maximum absolute atomic E-state index is 4.57. The molecule has 1 aliphatic heterocycles. The highest BCUT2D eigenvalue weighted by molar-refractivity contribution is 9.11. The predicted octanol–water partition coefficient (Wildman–Crippen LogP) is 2.09. The lowest BCUT2D eigenvalue weighted by atomic mass is 10.2. The van der Waals surface area contributed by atoms with Crippen LogP contribution in [0.2, 0.25) is 0 Å². The molecule has 5 nitrogen and oxygen atoms in total. The van der Waals surface area contributed by atoms with Gasteiger partial charge >= 0.3 is 0 Å². The topological polar surface area (TPSA) is 56.8 Å². The van der Waals surface area contributed by atoms with Crippen molar-refractivity contribution in [3.05, 3.63) is 15.2 Å². The highest BCUT2D eigenvalue weighted by Gasteiger charge is 2.19. The summed E-state index contributed by atoms with van der Waals surface area (Å²) in [5.41, 5.74) is 1.08. The van der Waals surface area contributed by atoms with Crippen LogP contribution in [-0.2, 0) is 0 Å². The smallest absolute Gasteiger partial charge is 0.245 e. The Hall–Kier alpha value is -0.920. The number of H-pyrrole nitrogens is 1. The van der Waals surface area contributed by atoms with Crippen LogP contribution in [-0.4, -0.2) is 40.9 Å². The molecule has 2 aromatic heterocycles. The van der Waals surface area contributed by atoms with E-state index in [2.05, 4.69) is 59.7 Å². The quantitative estimate of drug-likeness (QED) is 0.886. The fourth-order valence-corrected chi connectivity index (χ4v) is 3.21. The molecule has 7 heteroatoms. The van der Waals surface area contributed by atoms with Crippen molar-refractivity contribution in [2.45, 2.75) is 13.0 Å². The van der Waals surface area contributed by atoms with E-state index in [1.54, 1.807) is 11.3 Å². The monoisotopic (exact) mass is 327 g/mol. The Balaban J connectivity index is 1.80. The van der Waals surface area contributed by atoms with Crippen LogP contribution in [0.4, 0.5) is 5.95 Å². The van der Waals surface area contributed by atoms with Gasteiger partial charge < -0.3 is 10.2 Å². The van der Waals surface area contributed by atoms with Crippen molar-refractivity contribution in [3.8, 4) is 11.4 Å². The van der Waals surface area contributed by atoms with E-state index in [0.717, 1.165) is 40.8 Å². The van der Waals surface area contributed by atoms with E-state index in [4.69, 9.17) is 0 Å². The van der Waals surface area contributed by atoms with E-state index in [9.17, 15) is 0 Å². The SMILES string of the molecule is CC1CN(c2n[nH]c(-c3csc(Br)c3)n2)CCN1. The molecule has 0 bridgehead atoms. The van der Waals surface area contributed by atoms with Crippen LogP contribution >= 0.6 is 27.3 Å². The summed E-state index contributed by atoms with van der Waals surface area (Å²) in [4.78, 5) is 6.78. The van der Waals surface area contributed by atoms with Crippen molar-refractivity contribution in [1.29, 1.82) is 0 Å². The number of anilines is 1. The highest BCUT2D eigenvalue weighted by Crippen LogP contribution is 2.27. The molecule has 0 aliphatic carbocycles. The molecular formula is C11H14BrN5S. The van der Waals surface area contributed by atoms with Gasteiger partial charge in [-0.15, -0.1) is 16.4 Å². The van der Waals surface area contributed by atoms with Crippen molar-refractivity contribution in [3.63, 3.8) is 0 Å². The van der Waals surface area contributed by atoms with Gasteiger partial charge in [0.2, 0.25) is 5.95 Å². The Bertz CT molecular complexity index is 537.